The van der Waals surface area contributed by atoms with Crippen molar-refractivity contribution in [3.05, 3.63) is 34.4 Å². The van der Waals surface area contributed by atoms with Crippen LogP contribution in [0, 0.1) is 10.1 Å². The molecule has 116 valence electrons. The molecule has 1 aromatic rings. The molecule has 0 bridgehead atoms. The number of hydrogen-bond donors (Lipinski definition) is 1. The smallest absolute Gasteiger partial charge is 0.269 e. The number of sulfonamides is 1. The lowest BCUT2D eigenvalue weighted by Gasteiger charge is -2.15. The molecule has 1 aromatic carbocycles. The van der Waals surface area contributed by atoms with Crippen LogP contribution >= 0.6 is 0 Å². The van der Waals surface area contributed by atoms with Gasteiger partial charge in [-0.15, -0.1) is 0 Å². The molecule has 0 radical (unpaired) electrons. The van der Waals surface area contributed by atoms with Crippen LogP contribution in [0.15, 0.2) is 29.2 Å². The van der Waals surface area contributed by atoms with E-state index in [1.165, 1.54) is 6.92 Å². The highest BCUT2D eigenvalue weighted by Gasteiger charge is 2.23. The van der Waals surface area contributed by atoms with E-state index in [2.05, 4.69) is 4.72 Å². The number of nitro benzene ring substituents is 1. The van der Waals surface area contributed by atoms with E-state index in [-0.39, 0.29) is 16.4 Å². The summed E-state index contributed by atoms with van der Waals surface area (Å²) in [6.45, 7) is 3.28. The number of benzene rings is 1. The van der Waals surface area contributed by atoms with Crippen LogP contribution in [0.25, 0.3) is 0 Å². The van der Waals surface area contributed by atoms with Gasteiger partial charge in [-0.2, -0.15) is 0 Å². The number of Topliss-reactive ketones (excluding diaryl/α,β-unsaturated/α-hetero) is 1. The summed E-state index contributed by atoms with van der Waals surface area (Å²) in [7, 11) is -3.87. The Morgan fingerprint density at radius 1 is 1.33 bits per heavy atom. The van der Waals surface area contributed by atoms with E-state index in [0.29, 0.717) is 6.42 Å². The second-order valence-electron chi connectivity index (χ2n) is 4.68. The molecule has 0 unspecified atom stereocenters. The maximum Gasteiger partial charge on any atom is 0.269 e. The van der Waals surface area contributed by atoms with Crippen molar-refractivity contribution >= 4 is 21.5 Å². The average Bonchev–Trinajstić information content (AvgIpc) is 2.43. The number of ketones is 1. The zero-order valence-electron chi connectivity index (χ0n) is 11.9. The van der Waals surface area contributed by atoms with Crippen LogP contribution in [0.4, 0.5) is 5.69 Å². The maximum absolute atomic E-state index is 12.2. The number of unbranched alkanes of at least 4 members (excludes halogenated alkanes) is 1. The Bertz CT molecular complexity index is 610. The molecule has 0 aromatic heterocycles. The van der Waals surface area contributed by atoms with E-state index in [0.717, 1.165) is 37.1 Å². The lowest BCUT2D eigenvalue weighted by molar-refractivity contribution is -0.384. The molecule has 21 heavy (non-hydrogen) atoms. The standard InChI is InChI=1S/C13H18N2O5S/c1-3-4-5-13(10(2)16)14-21(19,20)12-8-6-11(7-9-12)15(17)18/h6-9,13-14H,3-5H2,1-2H3/t13-/m1/s1. The summed E-state index contributed by atoms with van der Waals surface area (Å²) >= 11 is 0. The topological polar surface area (TPSA) is 106 Å². The Kier molecular flexibility index (Phi) is 5.98. The van der Waals surface area contributed by atoms with E-state index in [9.17, 15) is 23.3 Å². The minimum atomic E-state index is -3.87. The second-order valence-corrected chi connectivity index (χ2v) is 6.39. The summed E-state index contributed by atoms with van der Waals surface area (Å²) in [5.74, 6) is -0.256. The Hall–Kier alpha value is -1.80. The number of nitro groups is 1. The third-order valence-corrected chi connectivity index (χ3v) is 4.48. The van der Waals surface area contributed by atoms with Crippen LogP contribution in [0.3, 0.4) is 0 Å². The van der Waals surface area contributed by atoms with Gasteiger partial charge in [-0.3, -0.25) is 14.9 Å². The fourth-order valence-electron chi connectivity index (χ4n) is 1.76. The average molecular weight is 314 g/mol. The largest absolute Gasteiger partial charge is 0.298 e. The van der Waals surface area contributed by atoms with Crippen LogP contribution in [-0.2, 0) is 14.8 Å². The maximum atomic E-state index is 12.2. The number of rotatable bonds is 8. The van der Waals surface area contributed by atoms with Crippen molar-refractivity contribution in [2.24, 2.45) is 0 Å². The van der Waals surface area contributed by atoms with E-state index in [1.807, 2.05) is 6.92 Å². The van der Waals surface area contributed by atoms with E-state index in [1.54, 1.807) is 0 Å². The van der Waals surface area contributed by atoms with Crippen molar-refractivity contribution in [3.63, 3.8) is 0 Å². The summed E-state index contributed by atoms with van der Waals surface area (Å²) in [5.41, 5.74) is -0.192. The van der Waals surface area contributed by atoms with Gasteiger partial charge in [0.05, 0.1) is 15.9 Å². The summed E-state index contributed by atoms with van der Waals surface area (Å²) < 4.78 is 26.7. The summed E-state index contributed by atoms with van der Waals surface area (Å²) in [6.07, 6.45) is 2.01. The van der Waals surface area contributed by atoms with Crippen LogP contribution < -0.4 is 4.72 Å². The molecule has 1 rings (SSSR count). The van der Waals surface area contributed by atoms with Crippen molar-refractivity contribution in [2.45, 2.75) is 44.0 Å². The van der Waals surface area contributed by atoms with E-state index >= 15 is 0 Å². The summed E-state index contributed by atoms with van der Waals surface area (Å²) in [5, 5.41) is 10.5. The summed E-state index contributed by atoms with van der Waals surface area (Å²) in [6, 6.07) is 3.76. The monoisotopic (exact) mass is 314 g/mol. The number of hydrogen-bond acceptors (Lipinski definition) is 5. The van der Waals surface area contributed by atoms with Gasteiger partial charge in [-0.25, -0.2) is 13.1 Å². The van der Waals surface area contributed by atoms with Gasteiger partial charge in [0, 0.05) is 12.1 Å². The number of nitrogens with zero attached hydrogens (tertiary/aromatic N) is 1. The minimum Gasteiger partial charge on any atom is -0.298 e. The third kappa shape index (κ3) is 4.91. The molecule has 7 nitrogen and oxygen atoms in total. The SMILES string of the molecule is CCCC[C@@H](NS(=O)(=O)c1ccc([N+](=O)[O-])cc1)C(C)=O. The van der Waals surface area contributed by atoms with Crippen LogP contribution in [0.2, 0.25) is 0 Å². The molecule has 0 spiro atoms. The lowest BCUT2D eigenvalue weighted by Crippen LogP contribution is -2.39. The molecule has 0 heterocycles. The van der Waals surface area contributed by atoms with Crippen molar-refractivity contribution in [2.75, 3.05) is 0 Å². The first kappa shape index (κ1) is 17.3. The first-order valence-electron chi connectivity index (χ1n) is 6.55. The molecule has 1 N–H and O–H groups in total. The fourth-order valence-corrected chi connectivity index (χ4v) is 3.04. The van der Waals surface area contributed by atoms with Crippen molar-refractivity contribution < 1.29 is 18.1 Å². The molecule has 0 aliphatic rings. The first-order chi connectivity index (χ1) is 9.77. The van der Waals surface area contributed by atoms with Crippen molar-refractivity contribution in [1.82, 2.24) is 4.72 Å². The normalized spacial score (nSPS) is 12.9. The fraction of sp³-hybridized carbons (Fsp3) is 0.462. The molecule has 0 aliphatic heterocycles. The van der Waals surface area contributed by atoms with Crippen LogP contribution in [0.5, 0.6) is 0 Å². The van der Waals surface area contributed by atoms with Gasteiger partial charge in [0.2, 0.25) is 10.0 Å². The zero-order valence-corrected chi connectivity index (χ0v) is 12.7. The first-order valence-corrected chi connectivity index (χ1v) is 8.03. The second kappa shape index (κ2) is 7.28. The number of nitrogens with one attached hydrogen (secondary N) is 1. The predicted octanol–water partition coefficient (Wildman–Crippen LogP) is 2.02. The highest BCUT2D eigenvalue weighted by molar-refractivity contribution is 7.89. The van der Waals surface area contributed by atoms with Crippen LogP contribution in [-0.4, -0.2) is 25.2 Å². The molecule has 0 aliphatic carbocycles. The molecular formula is C13H18N2O5S. The highest BCUT2D eigenvalue weighted by atomic mass is 32.2. The van der Waals surface area contributed by atoms with Gasteiger partial charge < -0.3 is 0 Å². The van der Waals surface area contributed by atoms with Crippen LogP contribution in [0.1, 0.15) is 33.1 Å². The van der Waals surface area contributed by atoms with Gasteiger partial charge >= 0.3 is 0 Å². The molecule has 8 heteroatoms. The molecule has 0 fully saturated rings. The number of carbonyl (C=O) groups is 1. The number of carbonyl (C=O) groups excluding carboxylic acids is 1. The van der Waals surface area contributed by atoms with Gasteiger partial charge in [0.25, 0.3) is 5.69 Å². The van der Waals surface area contributed by atoms with Gasteiger partial charge in [0.15, 0.2) is 0 Å². The number of non-ortho nitro benzene ring substituents is 1. The molecule has 0 saturated carbocycles. The summed E-state index contributed by atoms with van der Waals surface area (Å²) in [4.78, 5) is 21.3. The zero-order chi connectivity index (χ0) is 16.0. The molecular weight excluding hydrogens is 296 g/mol. The Labute approximate surface area is 123 Å². The molecule has 1 atom stereocenters. The highest BCUT2D eigenvalue weighted by Crippen LogP contribution is 2.16. The Balaban J connectivity index is 2.93. The third-order valence-electron chi connectivity index (χ3n) is 2.99. The molecule has 0 saturated heterocycles. The van der Waals surface area contributed by atoms with Crippen molar-refractivity contribution in [3.8, 4) is 0 Å². The van der Waals surface area contributed by atoms with E-state index < -0.39 is 21.0 Å². The van der Waals surface area contributed by atoms with Gasteiger partial charge in [-0.05, 0) is 25.5 Å². The van der Waals surface area contributed by atoms with Gasteiger partial charge in [0.1, 0.15) is 5.78 Å². The minimum absolute atomic E-state index is 0.101. The quantitative estimate of drug-likeness (QED) is 0.583. The van der Waals surface area contributed by atoms with Crippen molar-refractivity contribution in [1.29, 1.82) is 0 Å². The van der Waals surface area contributed by atoms with E-state index in [4.69, 9.17) is 0 Å². The predicted molar refractivity (Wildman–Crippen MR) is 77.4 cm³/mol. The Morgan fingerprint density at radius 3 is 2.33 bits per heavy atom. The Morgan fingerprint density at radius 2 is 1.90 bits per heavy atom. The lowest BCUT2D eigenvalue weighted by atomic mass is 10.1. The molecule has 0 amide bonds. The van der Waals surface area contributed by atoms with Gasteiger partial charge in [-0.1, -0.05) is 19.8 Å².